The van der Waals surface area contributed by atoms with E-state index in [0.29, 0.717) is 23.8 Å². The molecule has 0 aromatic heterocycles. The maximum Gasteiger partial charge on any atom is 0.306 e. The number of piperidine rings is 1. The first-order valence-electron chi connectivity index (χ1n) is 10.9. The Morgan fingerprint density at radius 1 is 1.37 bits per heavy atom. The van der Waals surface area contributed by atoms with Gasteiger partial charge < -0.3 is 14.5 Å². The van der Waals surface area contributed by atoms with E-state index >= 15 is 0 Å². The highest BCUT2D eigenvalue weighted by Gasteiger charge is 2.33. The number of carbonyl (C=O) groups is 1. The maximum absolute atomic E-state index is 12.2. The van der Waals surface area contributed by atoms with Crippen molar-refractivity contribution >= 4 is 23.7 Å². The first-order valence-corrected chi connectivity index (χ1v) is 10.9. The van der Waals surface area contributed by atoms with Gasteiger partial charge in [0, 0.05) is 39.3 Å². The van der Waals surface area contributed by atoms with Gasteiger partial charge in [-0.05, 0) is 76.0 Å². The molecule has 0 radical (unpaired) electrons. The average Bonchev–Trinajstić information content (AvgIpc) is 2.80. The molecule has 2 aliphatic rings. The summed E-state index contributed by atoms with van der Waals surface area (Å²) in [5.74, 6) is 1.02. The minimum Gasteiger partial charge on any atom is -0.460 e. The molecule has 1 fully saturated rings. The van der Waals surface area contributed by atoms with Crippen molar-refractivity contribution in [1.29, 1.82) is 5.26 Å². The summed E-state index contributed by atoms with van der Waals surface area (Å²) in [6.07, 6.45) is 6.29. The molecule has 1 saturated heterocycles. The van der Waals surface area contributed by atoms with E-state index in [2.05, 4.69) is 22.0 Å². The number of nitrogens with zero attached hydrogens (tertiary/aromatic N) is 4. The Labute approximate surface area is 180 Å². The summed E-state index contributed by atoms with van der Waals surface area (Å²) < 4.78 is 5.49. The molecule has 3 rings (SSSR count). The molecule has 0 aliphatic carbocycles. The number of esters is 1. The summed E-state index contributed by atoms with van der Waals surface area (Å²) in [4.78, 5) is 21.0. The molecule has 1 aromatic carbocycles. The summed E-state index contributed by atoms with van der Waals surface area (Å²) in [7, 11) is 3.84. The Bertz CT molecular complexity index is 848. The first kappa shape index (κ1) is 22.1. The molecule has 1 aromatic rings. The summed E-state index contributed by atoms with van der Waals surface area (Å²) in [5.41, 5.74) is 3.40. The largest absolute Gasteiger partial charge is 0.460 e. The van der Waals surface area contributed by atoms with E-state index in [1.54, 1.807) is 6.34 Å². The van der Waals surface area contributed by atoms with Gasteiger partial charge in [-0.1, -0.05) is 0 Å². The fraction of sp³-hybridized carbons (Fsp3) is 0.625. The van der Waals surface area contributed by atoms with Crippen molar-refractivity contribution in [2.45, 2.75) is 58.5 Å². The Morgan fingerprint density at radius 3 is 2.80 bits per heavy atom. The Morgan fingerprint density at radius 2 is 2.13 bits per heavy atom. The Balaban J connectivity index is 1.72. The van der Waals surface area contributed by atoms with E-state index < -0.39 is 5.60 Å². The molecule has 0 amide bonds. The number of anilines is 1. The number of carbonyl (C=O) groups excluding carboxylic acids is 1. The van der Waals surface area contributed by atoms with Crippen LogP contribution in [0.5, 0.6) is 0 Å². The number of nitriles is 1. The standard InChI is InChI=1S/C24H34N4O2/c1-24(2,3)30-23(29)9-8-17-10-11-28-15-19(17)7-6-18-12-21(26-16-27(4)5)20(14-25)13-22(18)28/h12-13,16-17,19H,6-11,15H2,1-5H3/t17?,19-/m1/s1. The van der Waals surface area contributed by atoms with Crippen molar-refractivity contribution < 1.29 is 9.53 Å². The minimum atomic E-state index is -0.421. The van der Waals surface area contributed by atoms with E-state index in [9.17, 15) is 10.1 Å². The SMILES string of the molecule is CN(C)C=Nc1cc2c(cc1C#N)N1CCC(CCC(=O)OC(C)(C)C)[C@H](CC2)C1. The average molecular weight is 411 g/mol. The first-order chi connectivity index (χ1) is 14.2. The lowest BCUT2D eigenvalue weighted by molar-refractivity contribution is -0.155. The molecular weight excluding hydrogens is 376 g/mol. The second-order valence-corrected chi connectivity index (χ2v) is 9.74. The van der Waals surface area contributed by atoms with Gasteiger partial charge in [-0.15, -0.1) is 0 Å². The van der Waals surface area contributed by atoms with Gasteiger partial charge in [-0.25, -0.2) is 4.99 Å². The molecule has 6 nitrogen and oxygen atoms in total. The van der Waals surface area contributed by atoms with Crippen molar-refractivity contribution in [3.05, 3.63) is 23.3 Å². The highest BCUT2D eigenvalue weighted by Crippen LogP contribution is 2.40. The monoisotopic (exact) mass is 410 g/mol. The molecule has 2 heterocycles. The van der Waals surface area contributed by atoms with Gasteiger partial charge >= 0.3 is 5.97 Å². The van der Waals surface area contributed by atoms with Gasteiger partial charge in [0.25, 0.3) is 0 Å². The predicted molar refractivity (Wildman–Crippen MR) is 120 cm³/mol. The van der Waals surface area contributed by atoms with E-state index in [-0.39, 0.29) is 5.97 Å². The number of hydrogen-bond donors (Lipinski definition) is 0. The zero-order valence-electron chi connectivity index (χ0n) is 18.9. The Hall–Kier alpha value is -2.55. The highest BCUT2D eigenvalue weighted by atomic mass is 16.6. The van der Waals surface area contributed by atoms with Gasteiger partial charge in [0.2, 0.25) is 0 Å². The van der Waals surface area contributed by atoms with Crippen LogP contribution in [0.1, 0.15) is 57.6 Å². The number of fused-ring (bicyclic) bond motifs is 4. The fourth-order valence-corrected chi connectivity index (χ4v) is 4.53. The number of rotatable bonds is 5. The predicted octanol–water partition coefficient (Wildman–Crippen LogP) is 4.29. The zero-order valence-corrected chi connectivity index (χ0v) is 18.9. The van der Waals surface area contributed by atoms with Crippen LogP contribution in [0.15, 0.2) is 17.1 Å². The Kier molecular flexibility index (Phi) is 6.70. The second kappa shape index (κ2) is 9.07. The normalized spacial score (nSPS) is 21.0. The summed E-state index contributed by atoms with van der Waals surface area (Å²) in [5, 5.41) is 9.63. The van der Waals surface area contributed by atoms with Crippen LogP contribution in [0.2, 0.25) is 0 Å². The van der Waals surface area contributed by atoms with E-state index in [4.69, 9.17) is 4.74 Å². The van der Waals surface area contributed by atoms with Gasteiger partial charge in [0.1, 0.15) is 11.7 Å². The lowest BCUT2D eigenvalue weighted by Gasteiger charge is -2.38. The molecule has 2 aliphatic heterocycles. The van der Waals surface area contributed by atoms with E-state index in [1.807, 2.05) is 45.8 Å². The summed E-state index contributed by atoms with van der Waals surface area (Å²) >= 11 is 0. The molecule has 2 bridgehead atoms. The lowest BCUT2D eigenvalue weighted by atomic mass is 9.80. The second-order valence-electron chi connectivity index (χ2n) is 9.74. The molecule has 0 N–H and O–H groups in total. The zero-order chi connectivity index (χ0) is 21.9. The molecule has 0 saturated carbocycles. The van der Waals surface area contributed by atoms with Crippen LogP contribution in [0, 0.1) is 23.2 Å². The maximum atomic E-state index is 12.2. The van der Waals surface area contributed by atoms with Gasteiger partial charge in [-0.2, -0.15) is 5.26 Å². The van der Waals surface area contributed by atoms with Crippen LogP contribution in [-0.2, 0) is 16.0 Å². The van der Waals surface area contributed by atoms with E-state index in [0.717, 1.165) is 44.5 Å². The third kappa shape index (κ3) is 5.53. The summed E-state index contributed by atoms with van der Waals surface area (Å²) in [6, 6.07) is 6.42. The van der Waals surface area contributed by atoms with Crippen molar-refractivity contribution in [2.24, 2.45) is 16.8 Å². The van der Waals surface area contributed by atoms with Crippen LogP contribution in [-0.4, -0.2) is 50.0 Å². The van der Waals surface area contributed by atoms with Crippen molar-refractivity contribution in [3.8, 4) is 6.07 Å². The molecule has 162 valence electrons. The van der Waals surface area contributed by atoms with Crippen LogP contribution in [0.25, 0.3) is 0 Å². The number of ether oxygens (including phenoxy) is 1. The van der Waals surface area contributed by atoms with Crippen molar-refractivity contribution in [2.75, 3.05) is 32.1 Å². The van der Waals surface area contributed by atoms with Crippen LogP contribution < -0.4 is 4.90 Å². The quantitative estimate of drug-likeness (QED) is 0.411. The topological polar surface area (TPSA) is 68.9 Å². The smallest absolute Gasteiger partial charge is 0.306 e. The van der Waals surface area contributed by atoms with Crippen LogP contribution in [0.3, 0.4) is 0 Å². The number of aryl methyl sites for hydroxylation is 1. The molecule has 6 heteroatoms. The third-order valence-corrected chi connectivity index (χ3v) is 5.90. The molecule has 0 spiro atoms. The van der Waals surface area contributed by atoms with Crippen molar-refractivity contribution in [3.63, 3.8) is 0 Å². The summed E-state index contributed by atoms with van der Waals surface area (Å²) in [6.45, 7) is 7.71. The van der Waals surface area contributed by atoms with E-state index in [1.165, 1.54) is 11.3 Å². The number of aliphatic imine (C=N–C) groups is 1. The highest BCUT2D eigenvalue weighted by molar-refractivity contribution is 5.71. The molecule has 30 heavy (non-hydrogen) atoms. The molecule has 1 unspecified atom stereocenters. The van der Waals surface area contributed by atoms with Crippen molar-refractivity contribution in [1.82, 2.24) is 4.90 Å². The minimum absolute atomic E-state index is 0.0936. The number of benzene rings is 1. The molecule has 2 atom stereocenters. The van der Waals surface area contributed by atoms with Crippen LogP contribution in [0.4, 0.5) is 11.4 Å². The fourth-order valence-electron chi connectivity index (χ4n) is 4.53. The van der Waals surface area contributed by atoms with Gasteiger partial charge in [0.15, 0.2) is 0 Å². The third-order valence-electron chi connectivity index (χ3n) is 5.90. The van der Waals surface area contributed by atoms with Crippen LogP contribution >= 0.6 is 0 Å². The van der Waals surface area contributed by atoms with Gasteiger partial charge in [-0.3, -0.25) is 4.79 Å². The number of hydrogen-bond acceptors (Lipinski definition) is 5. The van der Waals surface area contributed by atoms with Gasteiger partial charge in [0.05, 0.1) is 17.6 Å². The molecular formula is C24H34N4O2. The lowest BCUT2D eigenvalue weighted by Crippen LogP contribution is -2.40.